The highest BCUT2D eigenvalue weighted by Crippen LogP contribution is 2.26. The van der Waals surface area contributed by atoms with E-state index < -0.39 is 21.9 Å². The van der Waals surface area contributed by atoms with Crippen LogP contribution in [-0.2, 0) is 26.1 Å². The first-order valence-corrected chi connectivity index (χ1v) is 12.0. The number of methoxy groups -OCH3 is 2. The van der Waals surface area contributed by atoms with Crippen molar-refractivity contribution in [1.29, 1.82) is 0 Å². The smallest absolute Gasteiger partial charge is 0.307 e. The zero-order valence-corrected chi connectivity index (χ0v) is 19.7. The summed E-state index contributed by atoms with van der Waals surface area (Å²) in [6.07, 6.45) is 0.0163. The number of ether oxygens (including phenoxy) is 2. The third-order valence-electron chi connectivity index (χ3n) is 5.06. The van der Waals surface area contributed by atoms with Crippen molar-refractivity contribution in [3.05, 3.63) is 90.0 Å². The minimum absolute atomic E-state index is 0.0163. The number of para-hydroxylation sites is 2. The van der Waals surface area contributed by atoms with Crippen molar-refractivity contribution < 1.29 is 27.5 Å². The Morgan fingerprint density at radius 3 is 2.32 bits per heavy atom. The predicted octanol–water partition coefficient (Wildman–Crippen LogP) is 3.70. The second-order valence-electron chi connectivity index (χ2n) is 7.37. The zero-order chi connectivity index (χ0) is 24.6. The number of hydrogen-bond acceptors (Lipinski definition) is 6. The van der Waals surface area contributed by atoms with E-state index in [1.165, 1.54) is 37.3 Å². The molecule has 1 amide bonds. The highest BCUT2D eigenvalue weighted by atomic mass is 32.2. The molecule has 0 atom stereocenters. The van der Waals surface area contributed by atoms with Gasteiger partial charge >= 0.3 is 5.97 Å². The highest BCUT2D eigenvalue weighted by Gasteiger charge is 2.22. The van der Waals surface area contributed by atoms with Crippen LogP contribution >= 0.6 is 0 Å². The first-order valence-electron chi connectivity index (χ1n) is 10.5. The molecule has 0 spiro atoms. The van der Waals surface area contributed by atoms with Crippen molar-refractivity contribution in [2.45, 2.75) is 17.9 Å². The van der Waals surface area contributed by atoms with Crippen molar-refractivity contribution in [2.75, 3.05) is 25.5 Å². The quantitative estimate of drug-likeness (QED) is 0.442. The molecule has 8 nitrogen and oxygen atoms in total. The van der Waals surface area contributed by atoms with E-state index in [-0.39, 0.29) is 35.7 Å². The first kappa shape index (κ1) is 24.8. The van der Waals surface area contributed by atoms with E-state index in [1.807, 2.05) is 30.3 Å². The first-order chi connectivity index (χ1) is 16.3. The van der Waals surface area contributed by atoms with Crippen molar-refractivity contribution in [2.24, 2.45) is 0 Å². The normalized spacial score (nSPS) is 10.9. The number of nitrogens with one attached hydrogen (secondary N) is 1. The standard InChI is InChI=1S/C25H26N2O6S/c1-32-23-14-7-6-13-22(23)26-34(30,31)21-12-8-11-20(17-21)25(29)27(16-15-24(28)33-2)18-19-9-4-3-5-10-19/h3-14,17,26H,15-16,18H2,1-2H3. The Balaban J connectivity index is 1.87. The molecule has 0 saturated heterocycles. The van der Waals surface area contributed by atoms with Crippen LogP contribution in [-0.4, -0.2) is 46.0 Å². The summed E-state index contributed by atoms with van der Waals surface area (Å²) in [7, 11) is -1.26. The highest BCUT2D eigenvalue weighted by molar-refractivity contribution is 7.92. The molecule has 0 saturated carbocycles. The molecule has 1 N–H and O–H groups in total. The third kappa shape index (κ3) is 6.35. The van der Waals surface area contributed by atoms with Gasteiger partial charge < -0.3 is 14.4 Å². The molecule has 0 heterocycles. The largest absolute Gasteiger partial charge is 0.495 e. The zero-order valence-electron chi connectivity index (χ0n) is 18.9. The lowest BCUT2D eigenvalue weighted by Crippen LogP contribution is -2.33. The summed E-state index contributed by atoms with van der Waals surface area (Å²) in [5.41, 5.74) is 1.34. The van der Waals surface area contributed by atoms with Crippen LogP contribution < -0.4 is 9.46 Å². The van der Waals surface area contributed by atoms with Gasteiger partial charge in [-0.25, -0.2) is 8.42 Å². The van der Waals surface area contributed by atoms with Crippen LogP contribution in [0.3, 0.4) is 0 Å². The summed E-state index contributed by atoms with van der Waals surface area (Å²) < 4.78 is 38.4. The summed E-state index contributed by atoms with van der Waals surface area (Å²) in [5.74, 6) is -0.472. The molecule has 178 valence electrons. The summed E-state index contributed by atoms with van der Waals surface area (Å²) in [4.78, 5) is 26.4. The molecule has 0 aliphatic carbocycles. The second-order valence-corrected chi connectivity index (χ2v) is 9.05. The van der Waals surface area contributed by atoms with Crippen molar-refractivity contribution in [1.82, 2.24) is 4.90 Å². The van der Waals surface area contributed by atoms with Crippen molar-refractivity contribution in [3.8, 4) is 5.75 Å². The Labute approximate surface area is 199 Å². The maximum atomic E-state index is 13.3. The summed E-state index contributed by atoms with van der Waals surface area (Å²) in [6, 6.07) is 21.7. The lowest BCUT2D eigenvalue weighted by molar-refractivity contribution is -0.140. The van der Waals surface area contributed by atoms with E-state index in [0.717, 1.165) is 5.56 Å². The van der Waals surface area contributed by atoms with Gasteiger partial charge in [-0.1, -0.05) is 48.5 Å². The number of amides is 1. The van der Waals surface area contributed by atoms with Crippen LogP contribution in [0.25, 0.3) is 0 Å². The van der Waals surface area contributed by atoms with Gasteiger partial charge in [-0.05, 0) is 35.9 Å². The number of hydrogen-bond donors (Lipinski definition) is 1. The minimum atomic E-state index is -3.99. The average Bonchev–Trinajstić information content (AvgIpc) is 2.86. The van der Waals surface area contributed by atoms with Gasteiger partial charge in [0.15, 0.2) is 0 Å². The Morgan fingerprint density at radius 1 is 0.912 bits per heavy atom. The van der Waals surface area contributed by atoms with E-state index in [0.29, 0.717) is 5.75 Å². The van der Waals surface area contributed by atoms with Gasteiger partial charge in [-0.15, -0.1) is 0 Å². The van der Waals surface area contributed by atoms with Crippen LogP contribution in [0.1, 0.15) is 22.3 Å². The third-order valence-corrected chi connectivity index (χ3v) is 6.42. The fourth-order valence-corrected chi connectivity index (χ4v) is 4.41. The Kier molecular flexibility index (Phi) is 8.26. The number of carbonyl (C=O) groups excluding carboxylic acids is 2. The molecule has 9 heteroatoms. The Morgan fingerprint density at radius 2 is 1.62 bits per heavy atom. The molecule has 0 fully saturated rings. The van der Waals surface area contributed by atoms with Gasteiger partial charge in [0.05, 0.1) is 31.2 Å². The molecule has 0 bridgehead atoms. The maximum absolute atomic E-state index is 13.3. The number of rotatable bonds is 10. The summed E-state index contributed by atoms with van der Waals surface area (Å²) in [5, 5.41) is 0. The van der Waals surface area contributed by atoms with Gasteiger partial charge in [0.25, 0.3) is 15.9 Å². The SMILES string of the molecule is COC(=O)CCN(Cc1ccccc1)C(=O)c1cccc(S(=O)(=O)Nc2ccccc2OC)c1. The lowest BCUT2D eigenvalue weighted by Gasteiger charge is -2.23. The van der Waals surface area contributed by atoms with Gasteiger partial charge in [0.1, 0.15) is 5.75 Å². The molecule has 3 rings (SSSR count). The second kappa shape index (κ2) is 11.3. The number of sulfonamides is 1. The molecule has 3 aromatic carbocycles. The molecular formula is C25H26N2O6S. The Hall–Kier alpha value is -3.85. The fourth-order valence-electron chi connectivity index (χ4n) is 3.30. The fraction of sp³-hybridized carbons (Fsp3) is 0.200. The van der Waals surface area contributed by atoms with E-state index >= 15 is 0 Å². The minimum Gasteiger partial charge on any atom is -0.495 e. The molecule has 0 aliphatic rings. The molecule has 0 unspecified atom stereocenters. The maximum Gasteiger partial charge on any atom is 0.307 e. The van der Waals surface area contributed by atoms with E-state index in [2.05, 4.69) is 4.72 Å². The van der Waals surface area contributed by atoms with E-state index in [1.54, 1.807) is 30.3 Å². The summed E-state index contributed by atoms with van der Waals surface area (Å²) >= 11 is 0. The van der Waals surface area contributed by atoms with E-state index in [9.17, 15) is 18.0 Å². The average molecular weight is 483 g/mol. The van der Waals surface area contributed by atoms with Gasteiger partial charge in [-0.2, -0.15) is 0 Å². The molecular weight excluding hydrogens is 456 g/mol. The lowest BCUT2D eigenvalue weighted by atomic mass is 10.1. The number of esters is 1. The van der Waals surface area contributed by atoms with Crippen LogP contribution in [0.5, 0.6) is 5.75 Å². The van der Waals surface area contributed by atoms with Crippen LogP contribution in [0.4, 0.5) is 5.69 Å². The van der Waals surface area contributed by atoms with Gasteiger partial charge in [-0.3, -0.25) is 14.3 Å². The van der Waals surface area contributed by atoms with Gasteiger partial charge in [0, 0.05) is 18.7 Å². The predicted molar refractivity (Wildman–Crippen MR) is 128 cm³/mol. The number of nitrogens with zero attached hydrogens (tertiary/aromatic N) is 1. The molecule has 0 aromatic heterocycles. The molecule has 3 aromatic rings. The molecule has 0 aliphatic heterocycles. The molecule has 34 heavy (non-hydrogen) atoms. The van der Waals surface area contributed by atoms with Crippen LogP contribution in [0.2, 0.25) is 0 Å². The van der Waals surface area contributed by atoms with Crippen molar-refractivity contribution in [3.63, 3.8) is 0 Å². The van der Waals surface area contributed by atoms with E-state index in [4.69, 9.17) is 9.47 Å². The Bertz CT molecular complexity index is 1250. The summed E-state index contributed by atoms with van der Waals surface area (Å²) in [6.45, 7) is 0.379. The number of benzene rings is 3. The molecule has 0 radical (unpaired) electrons. The topological polar surface area (TPSA) is 102 Å². The van der Waals surface area contributed by atoms with Crippen LogP contribution in [0.15, 0.2) is 83.8 Å². The van der Waals surface area contributed by atoms with Crippen molar-refractivity contribution >= 4 is 27.6 Å². The monoisotopic (exact) mass is 482 g/mol. The van der Waals surface area contributed by atoms with Crippen LogP contribution in [0, 0.1) is 0 Å². The number of carbonyl (C=O) groups is 2. The number of anilines is 1. The van der Waals surface area contributed by atoms with Gasteiger partial charge in [0.2, 0.25) is 0 Å².